The molecule has 1 aromatic carbocycles. The van der Waals surface area contributed by atoms with E-state index in [1.54, 1.807) is 6.07 Å². The van der Waals surface area contributed by atoms with Gasteiger partial charge in [0.05, 0.1) is 6.04 Å². The zero-order chi connectivity index (χ0) is 14.0. The first-order valence-corrected chi connectivity index (χ1v) is 6.38. The fourth-order valence-corrected chi connectivity index (χ4v) is 1.81. The Morgan fingerprint density at radius 2 is 2.16 bits per heavy atom. The van der Waals surface area contributed by atoms with Crippen LogP contribution in [0, 0.1) is 18.7 Å². The summed E-state index contributed by atoms with van der Waals surface area (Å²) in [7, 11) is 0. The maximum atomic E-state index is 13.3. The van der Waals surface area contributed by atoms with E-state index in [2.05, 4.69) is 17.1 Å². The van der Waals surface area contributed by atoms with E-state index in [0.29, 0.717) is 17.3 Å². The fourth-order valence-electron chi connectivity index (χ4n) is 1.81. The lowest BCUT2D eigenvalue weighted by molar-refractivity contribution is 0.312. The second kappa shape index (κ2) is 5.48. The Morgan fingerprint density at radius 1 is 1.42 bits per heavy atom. The average molecular weight is 263 g/mol. The van der Waals surface area contributed by atoms with Crippen molar-refractivity contribution in [3.8, 4) is 11.4 Å². The summed E-state index contributed by atoms with van der Waals surface area (Å²) in [6.45, 7) is 5.96. The topological polar surface area (TPSA) is 64.9 Å². The smallest absolute Gasteiger partial charge is 0.244 e. The Bertz CT molecular complexity index is 568. The number of benzene rings is 1. The van der Waals surface area contributed by atoms with Crippen molar-refractivity contribution in [2.45, 2.75) is 33.2 Å². The predicted octanol–water partition coefficient (Wildman–Crippen LogP) is 3.23. The SMILES string of the molecule is CC[C@H](C)[C@H](N)c1nc(-c2cc(F)ccc2C)no1. The molecule has 102 valence electrons. The highest BCUT2D eigenvalue weighted by Gasteiger charge is 2.21. The van der Waals surface area contributed by atoms with Gasteiger partial charge in [0.1, 0.15) is 5.82 Å². The van der Waals surface area contributed by atoms with E-state index in [1.807, 2.05) is 13.8 Å². The number of rotatable bonds is 4. The maximum Gasteiger partial charge on any atom is 0.244 e. The molecule has 1 heterocycles. The number of hydrogen-bond acceptors (Lipinski definition) is 4. The molecular formula is C14H18FN3O. The average Bonchev–Trinajstić information content (AvgIpc) is 2.89. The van der Waals surface area contributed by atoms with Gasteiger partial charge in [-0.1, -0.05) is 31.5 Å². The molecule has 4 nitrogen and oxygen atoms in total. The minimum absolute atomic E-state index is 0.252. The highest BCUT2D eigenvalue weighted by molar-refractivity contribution is 5.59. The Hall–Kier alpha value is -1.75. The molecule has 0 bridgehead atoms. The van der Waals surface area contributed by atoms with Gasteiger partial charge in [0.2, 0.25) is 11.7 Å². The van der Waals surface area contributed by atoms with Crippen LogP contribution in [0.5, 0.6) is 0 Å². The largest absolute Gasteiger partial charge is 0.337 e. The number of nitrogens with two attached hydrogens (primary N) is 1. The summed E-state index contributed by atoms with van der Waals surface area (Å²) in [5.41, 5.74) is 7.56. The summed E-state index contributed by atoms with van der Waals surface area (Å²) in [4.78, 5) is 4.28. The zero-order valence-corrected chi connectivity index (χ0v) is 11.4. The van der Waals surface area contributed by atoms with Crippen LogP contribution in [0.2, 0.25) is 0 Å². The fraction of sp³-hybridized carbons (Fsp3) is 0.429. The normalized spacial score (nSPS) is 14.4. The van der Waals surface area contributed by atoms with E-state index in [0.717, 1.165) is 12.0 Å². The lowest BCUT2D eigenvalue weighted by atomic mass is 10.0. The first kappa shape index (κ1) is 13.7. The van der Waals surface area contributed by atoms with Crippen molar-refractivity contribution in [3.63, 3.8) is 0 Å². The van der Waals surface area contributed by atoms with Gasteiger partial charge in [0.25, 0.3) is 0 Å². The Balaban J connectivity index is 2.33. The summed E-state index contributed by atoms with van der Waals surface area (Å²) in [5.74, 6) is 0.707. The van der Waals surface area contributed by atoms with E-state index in [4.69, 9.17) is 10.3 Å². The van der Waals surface area contributed by atoms with Crippen molar-refractivity contribution < 1.29 is 8.91 Å². The van der Waals surface area contributed by atoms with Gasteiger partial charge in [0.15, 0.2) is 0 Å². The molecule has 19 heavy (non-hydrogen) atoms. The molecule has 0 saturated heterocycles. The van der Waals surface area contributed by atoms with Gasteiger partial charge in [-0.05, 0) is 30.5 Å². The van der Waals surface area contributed by atoms with Crippen LogP contribution in [0.15, 0.2) is 22.7 Å². The third-order valence-electron chi connectivity index (χ3n) is 3.42. The number of aromatic nitrogens is 2. The standard InChI is InChI=1S/C14H18FN3O/c1-4-8(2)12(16)14-17-13(18-19-14)11-7-10(15)6-5-9(11)3/h5-8,12H,4,16H2,1-3H3/t8-,12-/m0/s1. The van der Waals surface area contributed by atoms with Gasteiger partial charge >= 0.3 is 0 Å². The minimum atomic E-state index is -0.321. The van der Waals surface area contributed by atoms with Gasteiger partial charge in [0, 0.05) is 5.56 Å². The lowest BCUT2D eigenvalue weighted by Gasteiger charge is -2.13. The first-order chi connectivity index (χ1) is 9.02. The van der Waals surface area contributed by atoms with E-state index in [1.165, 1.54) is 12.1 Å². The van der Waals surface area contributed by atoms with Crippen LogP contribution in [0.3, 0.4) is 0 Å². The number of aryl methyl sites for hydroxylation is 1. The molecular weight excluding hydrogens is 245 g/mol. The summed E-state index contributed by atoms with van der Waals surface area (Å²) in [5, 5.41) is 3.89. The summed E-state index contributed by atoms with van der Waals surface area (Å²) < 4.78 is 18.5. The lowest BCUT2D eigenvalue weighted by Crippen LogP contribution is -2.18. The Labute approximate surface area is 111 Å². The molecule has 2 atom stereocenters. The van der Waals surface area contributed by atoms with Crippen LogP contribution in [0.25, 0.3) is 11.4 Å². The number of halogens is 1. The van der Waals surface area contributed by atoms with Gasteiger partial charge in [-0.3, -0.25) is 0 Å². The molecule has 0 fully saturated rings. The molecule has 0 unspecified atom stereocenters. The van der Waals surface area contributed by atoms with Gasteiger partial charge < -0.3 is 10.3 Å². The first-order valence-electron chi connectivity index (χ1n) is 6.38. The van der Waals surface area contributed by atoms with Crippen molar-refractivity contribution >= 4 is 0 Å². The third kappa shape index (κ3) is 2.81. The van der Waals surface area contributed by atoms with Crippen molar-refractivity contribution in [1.82, 2.24) is 10.1 Å². The summed E-state index contributed by atoms with van der Waals surface area (Å²) >= 11 is 0. The highest BCUT2D eigenvalue weighted by Crippen LogP contribution is 2.25. The molecule has 2 N–H and O–H groups in total. The van der Waals surface area contributed by atoms with Gasteiger partial charge in [-0.25, -0.2) is 4.39 Å². The van der Waals surface area contributed by atoms with Crippen LogP contribution in [-0.4, -0.2) is 10.1 Å². The molecule has 0 amide bonds. The number of hydrogen-bond donors (Lipinski definition) is 1. The van der Waals surface area contributed by atoms with Crippen molar-refractivity contribution in [1.29, 1.82) is 0 Å². The zero-order valence-electron chi connectivity index (χ0n) is 11.4. The van der Waals surface area contributed by atoms with Crippen LogP contribution in [-0.2, 0) is 0 Å². The summed E-state index contributed by atoms with van der Waals surface area (Å²) in [6, 6.07) is 4.21. The predicted molar refractivity (Wildman–Crippen MR) is 70.8 cm³/mol. The van der Waals surface area contributed by atoms with Crippen molar-refractivity contribution in [2.24, 2.45) is 11.7 Å². The van der Waals surface area contributed by atoms with Crippen molar-refractivity contribution in [2.75, 3.05) is 0 Å². The van der Waals surface area contributed by atoms with E-state index < -0.39 is 0 Å². The molecule has 0 radical (unpaired) electrons. The van der Waals surface area contributed by atoms with Crippen LogP contribution < -0.4 is 5.73 Å². The van der Waals surface area contributed by atoms with Gasteiger partial charge in [-0.2, -0.15) is 4.98 Å². The third-order valence-corrected chi connectivity index (χ3v) is 3.42. The van der Waals surface area contributed by atoms with Gasteiger partial charge in [-0.15, -0.1) is 0 Å². The molecule has 0 aliphatic rings. The molecule has 5 heteroatoms. The highest BCUT2D eigenvalue weighted by atomic mass is 19.1. The molecule has 0 aliphatic heterocycles. The monoisotopic (exact) mass is 263 g/mol. The molecule has 2 rings (SSSR count). The van der Waals surface area contributed by atoms with Crippen LogP contribution in [0.1, 0.15) is 37.8 Å². The molecule has 1 aromatic heterocycles. The molecule has 0 spiro atoms. The second-order valence-corrected chi connectivity index (χ2v) is 4.83. The van der Waals surface area contributed by atoms with Crippen LogP contribution >= 0.6 is 0 Å². The molecule has 2 aromatic rings. The maximum absolute atomic E-state index is 13.3. The Kier molecular flexibility index (Phi) is 3.95. The quantitative estimate of drug-likeness (QED) is 0.919. The summed E-state index contributed by atoms with van der Waals surface area (Å²) in [6.07, 6.45) is 0.928. The number of nitrogens with zero attached hydrogens (tertiary/aromatic N) is 2. The van der Waals surface area contributed by atoms with E-state index >= 15 is 0 Å². The second-order valence-electron chi connectivity index (χ2n) is 4.83. The van der Waals surface area contributed by atoms with E-state index in [9.17, 15) is 4.39 Å². The Morgan fingerprint density at radius 3 is 2.84 bits per heavy atom. The molecule has 0 saturated carbocycles. The van der Waals surface area contributed by atoms with Crippen LogP contribution in [0.4, 0.5) is 4.39 Å². The minimum Gasteiger partial charge on any atom is -0.337 e. The molecule has 0 aliphatic carbocycles. The van der Waals surface area contributed by atoms with E-state index in [-0.39, 0.29) is 17.8 Å². The van der Waals surface area contributed by atoms with Crippen molar-refractivity contribution in [3.05, 3.63) is 35.5 Å².